The first kappa shape index (κ1) is 18.7. The Bertz CT molecular complexity index is 1110. The Morgan fingerprint density at radius 2 is 1.93 bits per heavy atom. The highest BCUT2D eigenvalue weighted by Crippen LogP contribution is 2.34. The second-order valence-electron chi connectivity index (χ2n) is 7.11. The molecule has 0 bridgehead atoms. The second kappa shape index (κ2) is 7.43. The molecule has 0 fully saturated rings. The lowest BCUT2D eigenvalue weighted by atomic mass is 10.1. The summed E-state index contributed by atoms with van der Waals surface area (Å²) in [6.07, 6.45) is 0.868. The van der Waals surface area contributed by atoms with E-state index in [9.17, 15) is 9.59 Å². The first-order valence-corrected chi connectivity index (χ1v) is 10.5. The lowest BCUT2D eigenvalue weighted by Crippen LogP contribution is -2.40. The molecule has 28 heavy (non-hydrogen) atoms. The largest absolute Gasteiger partial charge is 0.308 e. The molecule has 1 aliphatic heterocycles. The van der Waals surface area contributed by atoms with Gasteiger partial charge in [0.15, 0.2) is 5.16 Å². The van der Waals surface area contributed by atoms with Gasteiger partial charge in [-0.05, 0) is 51.0 Å². The summed E-state index contributed by atoms with van der Waals surface area (Å²) in [6.45, 7) is 6.41. The van der Waals surface area contributed by atoms with Crippen LogP contribution in [0, 0.1) is 0 Å². The molecule has 0 aliphatic carbocycles. The average molecular weight is 394 g/mol. The molecule has 6 heteroatoms. The van der Waals surface area contributed by atoms with Crippen molar-refractivity contribution >= 4 is 34.3 Å². The van der Waals surface area contributed by atoms with Gasteiger partial charge in [0.1, 0.15) is 0 Å². The minimum Gasteiger partial charge on any atom is -0.308 e. The molecule has 4 rings (SSSR count). The maximum Gasteiger partial charge on any atom is 0.262 e. The molecule has 2 aromatic carbocycles. The monoisotopic (exact) mass is 393 g/mol. The van der Waals surface area contributed by atoms with E-state index < -0.39 is 0 Å². The molecule has 0 radical (unpaired) electrons. The lowest BCUT2D eigenvalue weighted by molar-refractivity contribution is -0.118. The minimum absolute atomic E-state index is 0.0486. The van der Waals surface area contributed by atoms with E-state index in [1.807, 2.05) is 55.1 Å². The van der Waals surface area contributed by atoms with Crippen molar-refractivity contribution in [2.45, 2.75) is 50.2 Å². The number of nitrogens with zero attached hydrogens (tertiary/aromatic N) is 3. The summed E-state index contributed by atoms with van der Waals surface area (Å²) < 4.78 is 1.65. The summed E-state index contributed by atoms with van der Waals surface area (Å²) in [4.78, 5) is 32.6. The van der Waals surface area contributed by atoms with Crippen molar-refractivity contribution in [3.05, 3.63) is 64.4 Å². The van der Waals surface area contributed by atoms with Crippen LogP contribution in [-0.4, -0.2) is 26.8 Å². The molecule has 1 amide bonds. The Morgan fingerprint density at radius 3 is 2.71 bits per heavy atom. The van der Waals surface area contributed by atoms with E-state index in [4.69, 9.17) is 0 Å². The molecule has 3 aromatic rings. The van der Waals surface area contributed by atoms with Gasteiger partial charge in [-0.1, -0.05) is 42.1 Å². The van der Waals surface area contributed by atoms with Gasteiger partial charge in [0.25, 0.3) is 5.56 Å². The molecular weight excluding hydrogens is 370 g/mol. The third-order valence-electron chi connectivity index (χ3n) is 5.22. The molecule has 0 unspecified atom stereocenters. The third kappa shape index (κ3) is 3.11. The molecule has 0 N–H and O–H groups in total. The molecule has 1 aliphatic rings. The summed E-state index contributed by atoms with van der Waals surface area (Å²) in [6, 6.07) is 15.5. The lowest BCUT2D eigenvalue weighted by Gasteiger charge is -2.26. The van der Waals surface area contributed by atoms with Gasteiger partial charge < -0.3 is 4.90 Å². The van der Waals surface area contributed by atoms with Crippen LogP contribution >= 0.6 is 11.8 Å². The molecular formula is C22H23N3O2S. The van der Waals surface area contributed by atoms with Gasteiger partial charge >= 0.3 is 0 Å². The van der Waals surface area contributed by atoms with Crippen molar-refractivity contribution in [3.8, 4) is 0 Å². The molecule has 0 saturated carbocycles. The van der Waals surface area contributed by atoms with Gasteiger partial charge in [0.2, 0.25) is 5.91 Å². The number of carbonyl (C=O) groups is 1. The van der Waals surface area contributed by atoms with Gasteiger partial charge in [-0.2, -0.15) is 0 Å². The molecule has 0 spiro atoms. The highest BCUT2D eigenvalue weighted by atomic mass is 32.2. The van der Waals surface area contributed by atoms with Crippen molar-refractivity contribution in [3.63, 3.8) is 0 Å². The Kier molecular flexibility index (Phi) is 4.98. The maximum absolute atomic E-state index is 13.3. The predicted octanol–water partition coefficient (Wildman–Crippen LogP) is 3.87. The zero-order valence-electron chi connectivity index (χ0n) is 16.3. The maximum atomic E-state index is 13.3. The highest BCUT2D eigenvalue weighted by molar-refractivity contribution is 8.00. The second-order valence-corrected chi connectivity index (χ2v) is 8.42. The number of anilines is 1. The molecule has 2 heterocycles. The molecule has 144 valence electrons. The number of hydrogen-bond donors (Lipinski definition) is 0. The number of fused-ring (bicyclic) bond motifs is 2. The van der Waals surface area contributed by atoms with Gasteiger partial charge in [0.05, 0.1) is 16.2 Å². The van der Waals surface area contributed by atoms with E-state index in [0.717, 1.165) is 12.1 Å². The van der Waals surface area contributed by atoms with E-state index in [1.165, 1.54) is 17.3 Å². The molecule has 2 atom stereocenters. The Hall–Kier alpha value is -2.60. The van der Waals surface area contributed by atoms with E-state index in [1.54, 1.807) is 10.6 Å². The normalized spacial score (nSPS) is 17.0. The number of hydrogen-bond acceptors (Lipinski definition) is 4. The van der Waals surface area contributed by atoms with Crippen LogP contribution in [0.25, 0.3) is 10.9 Å². The summed E-state index contributed by atoms with van der Waals surface area (Å²) in [7, 11) is 0. The molecule has 1 aromatic heterocycles. The SMILES string of the molecule is CCn1c(S[C@@H](C)C(=O)N2c3ccccc3C[C@H]2C)nc2ccccc2c1=O. The van der Waals surface area contributed by atoms with Crippen LogP contribution in [0.2, 0.25) is 0 Å². The van der Waals surface area contributed by atoms with Gasteiger partial charge in [0, 0.05) is 18.3 Å². The zero-order valence-corrected chi connectivity index (χ0v) is 17.1. The van der Waals surface area contributed by atoms with Crippen molar-refractivity contribution < 1.29 is 4.79 Å². The van der Waals surface area contributed by atoms with Crippen molar-refractivity contribution in [2.24, 2.45) is 0 Å². The number of thioether (sulfide) groups is 1. The van der Waals surface area contributed by atoms with Crippen LogP contribution < -0.4 is 10.5 Å². The Labute approximate surface area is 168 Å². The van der Waals surface area contributed by atoms with E-state index in [2.05, 4.69) is 18.0 Å². The highest BCUT2D eigenvalue weighted by Gasteiger charge is 2.33. The summed E-state index contributed by atoms with van der Waals surface area (Å²) in [5.74, 6) is 0.0486. The summed E-state index contributed by atoms with van der Waals surface area (Å²) in [5, 5.41) is 0.849. The Balaban J connectivity index is 1.66. The topological polar surface area (TPSA) is 55.2 Å². The van der Waals surface area contributed by atoms with Gasteiger partial charge in [-0.15, -0.1) is 0 Å². The van der Waals surface area contributed by atoms with Crippen LogP contribution in [0.1, 0.15) is 26.3 Å². The van der Waals surface area contributed by atoms with Crippen molar-refractivity contribution in [2.75, 3.05) is 4.90 Å². The van der Waals surface area contributed by atoms with Crippen LogP contribution in [0.5, 0.6) is 0 Å². The smallest absolute Gasteiger partial charge is 0.262 e. The first-order valence-electron chi connectivity index (χ1n) is 9.58. The zero-order chi connectivity index (χ0) is 19.8. The van der Waals surface area contributed by atoms with E-state index in [0.29, 0.717) is 22.6 Å². The standard InChI is InChI=1S/C22H23N3O2S/c1-4-24-21(27)17-10-6-7-11-18(17)23-22(24)28-15(3)20(26)25-14(2)13-16-9-5-8-12-19(16)25/h5-12,14-15H,4,13H2,1-3H3/t14-,15+/m1/s1. The fourth-order valence-electron chi connectivity index (χ4n) is 3.82. The van der Waals surface area contributed by atoms with Crippen LogP contribution in [0.4, 0.5) is 5.69 Å². The van der Waals surface area contributed by atoms with E-state index >= 15 is 0 Å². The predicted molar refractivity (Wildman–Crippen MR) is 114 cm³/mol. The van der Waals surface area contributed by atoms with Crippen LogP contribution in [0.3, 0.4) is 0 Å². The molecule has 5 nitrogen and oxygen atoms in total. The fourth-order valence-corrected chi connectivity index (χ4v) is 4.84. The number of rotatable bonds is 4. The third-order valence-corrected chi connectivity index (χ3v) is 6.30. The van der Waals surface area contributed by atoms with Crippen molar-refractivity contribution in [1.82, 2.24) is 9.55 Å². The van der Waals surface area contributed by atoms with Gasteiger partial charge in [-0.3, -0.25) is 14.2 Å². The number of amides is 1. The number of carbonyl (C=O) groups excluding carboxylic acids is 1. The quantitative estimate of drug-likeness (QED) is 0.499. The number of benzene rings is 2. The molecule has 0 saturated heterocycles. The van der Waals surface area contributed by atoms with E-state index in [-0.39, 0.29) is 22.8 Å². The summed E-state index contributed by atoms with van der Waals surface area (Å²) in [5.41, 5.74) is 2.80. The van der Waals surface area contributed by atoms with Crippen LogP contribution in [0.15, 0.2) is 58.5 Å². The van der Waals surface area contributed by atoms with Crippen molar-refractivity contribution in [1.29, 1.82) is 0 Å². The number of para-hydroxylation sites is 2. The number of aromatic nitrogens is 2. The fraction of sp³-hybridized carbons (Fsp3) is 0.318. The average Bonchev–Trinajstić information content (AvgIpc) is 3.03. The summed E-state index contributed by atoms with van der Waals surface area (Å²) >= 11 is 1.36. The Morgan fingerprint density at radius 1 is 1.21 bits per heavy atom. The van der Waals surface area contributed by atoms with Crippen LogP contribution in [-0.2, 0) is 17.8 Å². The van der Waals surface area contributed by atoms with Gasteiger partial charge in [-0.25, -0.2) is 4.98 Å². The minimum atomic E-state index is -0.348. The first-order chi connectivity index (χ1) is 13.5.